The van der Waals surface area contributed by atoms with Crippen LogP contribution in [0.15, 0.2) is 6.07 Å². The SMILES string of the molecule is Cc1cc(C(=O)NC[C@H](C)CC2(C)OCCO2)c(C)n1C(C)C. The first kappa shape index (κ1) is 18.0. The Morgan fingerprint density at radius 3 is 2.43 bits per heavy atom. The van der Waals surface area contributed by atoms with Crippen LogP contribution in [0.3, 0.4) is 0 Å². The molecule has 0 radical (unpaired) electrons. The van der Waals surface area contributed by atoms with E-state index in [0.29, 0.717) is 25.8 Å². The fourth-order valence-corrected chi connectivity index (χ4v) is 3.54. The van der Waals surface area contributed by atoms with E-state index in [1.807, 2.05) is 26.8 Å². The molecule has 23 heavy (non-hydrogen) atoms. The van der Waals surface area contributed by atoms with E-state index in [2.05, 4.69) is 30.7 Å². The third kappa shape index (κ3) is 4.15. The molecule has 1 aromatic rings. The Balaban J connectivity index is 1.93. The van der Waals surface area contributed by atoms with E-state index in [1.54, 1.807) is 0 Å². The molecule has 0 aromatic carbocycles. The highest BCUT2D eigenvalue weighted by molar-refractivity contribution is 5.95. The molecule has 1 atom stereocenters. The smallest absolute Gasteiger partial charge is 0.253 e. The molecule has 1 amide bonds. The van der Waals surface area contributed by atoms with E-state index in [1.165, 1.54) is 0 Å². The summed E-state index contributed by atoms with van der Waals surface area (Å²) in [5, 5.41) is 3.05. The van der Waals surface area contributed by atoms with Crippen molar-refractivity contribution in [3.8, 4) is 0 Å². The zero-order valence-electron chi connectivity index (χ0n) is 15.2. The molecule has 2 heterocycles. The first-order chi connectivity index (χ1) is 10.7. The van der Waals surface area contributed by atoms with Crippen LogP contribution >= 0.6 is 0 Å². The van der Waals surface area contributed by atoms with Crippen molar-refractivity contribution < 1.29 is 14.3 Å². The Labute approximate surface area is 139 Å². The van der Waals surface area contributed by atoms with Crippen LogP contribution in [0.2, 0.25) is 0 Å². The Kier molecular flexibility index (Phi) is 5.53. The van der Waals surface area contributed by atoms with Crippen LogP contribution in [0, 0.1) is 19.8 Å². The predicted molar refractivity (Wildman–Crippen MR) is 90.7 cm³/mol. The van der Waals surface area contributed by atoms with Gasteiger partial charge in [0.25, 0.3) is 5.91 Å². The summed E-state index contributed by atoms with van der Waals surface area (Å²) < 4.78 is 13.5. The molecule has 0 spiro atoms. The lowest BCUT2D eigenvalue weighted by Gasteiger charge is -2.26. The minimum Gasteiger partial charge on any atom is -0.352 e. The average molecular weight is 322 g/mol. The van der Waals surface area contributed by atoms with Crippen molar-refractivity contribution in [3.05, 3.63) is 23.0 Å². The van der Waals surface area contributed by atoms with Gasteiger partial charge in [-0.1, -0.05) is 6.92 Å². The Bertz CT molecular complexity index is 557. The fourth-order valence-electron chi connectivity index (χ4n) is 3.54. The number of hydrogen-bond donors (Lipinski definition) is 1. The van der Waals surface area contributed by atoms with Gasteiger partial charge in [-0.3, -0.25) is 4.79 Å². The second-order valence-corrected chi connectivity index (χ2v) is 7.10. The fraction of sp³-hybridized carbons (Fsp3) is 0.722. The Morgan fingerprint density at radius 2 is 1.91 bits per heavy atom. The molecule has 5 heteroatoms. The molecule has 1 saturated heterocycles. The van der Waals surface area contributed by atoms with Gasteiger partial charge in [-0.25, -0.2) is 0 Å². The maximum Gasteiger partial charge on any atom is 0.253 e. The molecule has 0 bridgehead atoms. The van der Waals surface area contributed by atoms with Gasteiger partial charge in [-0.05, 0) is 46.6 Å². The largest absolute Gasteiger partial charge is 0.352 e. The van der Waals surface area contributed by atoms with Crippen LogP contribution in [-0.4, -0.2) is 36.0 Å². The van der Waals surface area contributed by atoms with Gasteiger partial charge in [-0.15, -0.1) is 0 Å². The lowest BCUT2D eigenvalue weighted by molar-refractivity contribution is -0.153. The summed E-state index contributed by atoms with van der Waals surface area (Å²) >= 11 is 0. The first-order valence-electron chi connectivity index (χ1n) is 8.48. The number of nitrogens with zero attached hydrogens (tertiary/aromatic N) is 1. The van der Waals surface area contributed by atoms with Gasteiger partial charge in [0.1, 0.15) is 0 Å². The quantitative estimate of drug-likeness (QED) is 0.875. The lowest BCUT2D eigenvalue weighted by atomic mass is 10.0. The van der Waals surface area contributed by atoms with Crippen LogP contribution in [0.4, 0.5) is 0 Å². The number of carbonyl (C=O) groups is 1. The molecule has 1 aromatic heterocycles. The Morgan fingerprint density at radius 1 is 1.30 bits per heavy atom. The number of rotatable bonds is 6. The lowest BCUT2D eigenvalue weighted by Crippen LogP contribution is -2.34. The summed E-state index contributed by atoms with van der Waals surface area (Å²) in [6.45, 7) is 14.3. The highest BCUT2D eigenvalue weighted by Gasteiger charge is 2.32. The maximum absolute atomic E-state index is 12.5. The van der Waals surface area contributed by atoms with E-state index in [0.717, 1.165) is 23.4 Å². The number of aromatic nitrogens is 1. The minimum atomic E-state index is -0.502. The van der Waals surface area contributed by atoms with Crippen LogP contribution in [-0.2, 0) is 9.47 Å². The van der Waals surface area contributed by atoms with Crippen molar-refractivity contribution in [1.29, 1.82) is 0 Å². The van der Waals surface area contributed by atoms with E-state index in [9.17, 15) is 4.79 Å². The van der Waals surface area contributed by atoms with Crippen LogP contribution in [0.25, 0.3) is 0 Å². The normalized spacial score (nSPS) is 18.4. The molecule has 130 valence electrons. The maximum atomic E-state index is 12.5. The number of amides is 1. The van der Waals surface area contributed by atoms with Gasteiger partial charge < -0.3 is 19.4 Å². The summed E-state index contributed by atoms with van der Waals surface area (Å²) in [4.78, 5) is 12.5. The molecule has 0 saturated carbocycles. The highest BCUT2D eigenvalue weighted by atomic mass is 16.7. The van der Waals surface area contributed by atoms with E-state index >= 15 is 0 Å². The van der Waals surface area contributed by atoms with Gasteiger partial charge in [0.15, 0.2) is 5.79 Å². The van der Waals surface area contributed by atoms with Crippen molar-refractivity contribution in [1.82, 2.24) is 9.88 Å². The third-order valence-corrected chi connectivity index (χ3v) is 4.47. The van der Waals surface area contributed by atoms with Crippen molar-refractivity contribution in [2.24, 2.45) is 5.92 Å². The summed E-state index contributed by atoms with van der Waals surface area (Å²) in [5.74, 6) is -0.219. The highest BCUT2D eigenvalue weighted by Crippen LogP contribution is 2.26. The predicted octanol–water partition coefficient (Wildman–Crippen LogP) is 3.20. The van der Waals surface area contributed by atoms with Gasteiger partial charge in [0, 0.05) is 30.4 Å². The molecule has 1 aliphatic heterocycles. The van der Waals surface area contributed by atoms with Crippen molar-refractivity contribution in [2.75, 3.05) is 19.8 Å². The molecule has 5 nitrogen and oxygen atoms in total. The molecular weight excluding hydrogens is 292 g/mol. The molecule has 1 fully saturated rings. The minimum absolute atomic E-state index is 0.00439. The van der Waals surface area contributed by atoms with Crippen LogP contribution in [0.1, 0.15) is 61.9 Å². The van der Waals surface area contributed by atoms with Gasteiger partial charge in [0.05, 0.1) is 18.8 Å². The summed E-state index contributed by atoms with van der Waals surface area (Å²) in [6, 6.07) is 2.33. The first-order valence-corrected chi connectivity index (χ1v) is 8.48. The number of aryl methyl sites for hydroxylation is 1. The topological polar surface area (TPSA) is 52.5 Å². The van der Waals surface area contributed by atoms with E-state index < -0.39 is 5.79 Å². The summed E-state index contributed by atoms with van der Waals surface area (Å²) in [5.41, 5.74) is 2.91. The standard InChI is InChI=1S/C18H30N2O3/c1-12(2)20-14(4)9-16(15(20)5)17(21)19-11-13(3)10-18(6)22-7-8-23-18/h9,12-13H,7-8,10-11H2,1-6H3,(H,19,21)/t13-/m1/s1. The second-order valence-electron chi connectivity index (χ2n) is 7.10. The number of ether oxygens (including phenoxy) is 2. The summed E-state index contributed by atoms with van der Waals surface area (Å²) in [6.07, 6.45) is 0.776. The molecule has 1 N–H and O–H groups in total. The van der Waals surface area contributed by atoms with Crippen molar-refractivity contribution in [3.63, 3.8) is 0 Å². The Hall–Kier alpha value is -1.33. The zero-order valence-corrected chi connectivity index (χ0v) is 15.2. The van der Waals surface area contributed by atoms with E-state index in [-0.39, 0.29) is 11.8 Å². The van der Waals surface area contributed by atoms with Crippen molar-refractivity contribution in [2.45, 2.75) is 59.8 Å². The molecule has 0 unspecified atom stereocenters. The van der Waals surface area contributed by atoms with Crippen molar-refractivity contribution >= 4 is 5.91 Å². The zero-order chi connectivity index (χ0) is 17.2. The van der Waals surface area contributed by atoms with Crippen LogP contribution in [0.5, 0.6) is 0 Å². The van der Waals surface area contributed by atoms with Crippen LogP contribution < -0.4 is 5.32 Å². The molecule has 2 rings (SSSR count). The second kappa shape index (κ2) is 7.05. The van der Waals surface area contributed by atoms with Gasteiger partial charge in [-0.2, -0.15) is 0 Å². The third-order valence-electron chi connectivity index (χ3n) is 4.47. The summed E-state index contributed by atoms with van der Waals surface area (Å²) in [7, 11) is 0. The monoisotopic (exact) mass is 322 g/mol. The number of carbonyl (C=O) groups excluding carboxylic acids is 1. The van der Waals surface area contributed by atoms with Gasteiger partial charge in [0.2, 0.25) is 0 Å². The van der Waals surface area contributed by atoms with E-state index in [4.69, 9.17) is 9.47 Å². The molecule has 0 aliphatic carbocycles. The number of hydrogen-bond acceptors (Lipinski definition) is 3. The average Bonchev–Trinajstić information content (AvgIpc) is 3.00. The number of nitrogens with one attached hydrogen (secondary N) is 1. The van der Waals surface area contributed by atoms with Gasteiger partial charge >= 0.3 is 0 Å². The molecular formula is C18H30N2O3. The molecule has 1 aliphatic rings.